The average molecular weight is 369 g/mol. The van der Waals surface area contributed by atoms with Crippen molar-refractivity contribution in [2.75, 3.05) is 13.2 Å². The van der Waals surface area contributed by atoms with E-state index in [1.165, 1.54) is 6.92 Å². The van der Waals surface area contributed by atoms with Gasteiger partial charge >= 0.3 is 29.1 Å². The molecule has 0 heterocycles. The van der Waals surface area contributed by atoms with E-state index in [1.54, 1.807) is 5.32 Å². The zero-order chi connectivity index (χ0) is 18.5. The molecule has 0 aliphatic carbocycles. The van der Waals surface area contributed by atoms with Crippen molar-refractivity contribution in [2.45, 2.75) is 30.6 Å². The lowest BCUT2D eigenvalue weighted by Gasteiger charge is -2.33. The molecule has 23 heavy (non-hydrogen) atoms. The zero-order valence-corrected chi connectivity index (χ0v) is 12.6. The van der Waals surface area contributed by atoms with Crippen LogP contribution in [-0.2, 0) is 19.1 Å². The molecule has 0 spiro atoms. The number of hydrogen-bond donors (Lipinski definition) is 2. The van der Waals surface area contributed by atoms with E-state index in [2.05, 4.69) is 28.7 Å². The van der Waals surface area contributed by atoms with E-state index in [9.17, 15) is 35.9 Å². The number of carbonyl (C=O) groups is 2. The van der Waals surface area contributed by atoms with Gasteiger partial charge in [0.25, 0.3) is 0 Å². The lowest BCUT2D eigenvalue weighted by Crippen LogP contribution is -2.62. The van der Waals surface area contributed by atoms with E-state index in [1.807, 2.05) is 0 Å². The fourth-order valence-electron chi connectivity index (χ4n) is 1.14. The van der Waals surface area contributed by atoms with Crippen LogP contribution in [0.1, 0.15) is 13.3 Å². The molecule has 0 aromatic heterocycles. The van der Waals surface area contributed by atoms with Crippen LogP contribution < -0.4 is 5.32 Å². The van der Waals surface area contributed by atoms with Gasteiger partial charge in [-0.05, 0) is 6.42 Å². The predicted octanol–water partition coefficient (Wildman–Crippen LogP) is 2.34. The molecular formula is C11H13F6NO4S. The van der Waals surface area contributed by atoms with E-state index in [0.717, 1.165) is 0 Å². The van der Waals surface area contributed by atoms with Crippen molar-refractivity contribution in [1.82, 2.24) is 5.32 Å². The van der Waals surface area contributed by atoms with Gasteiger partial charge in [0, 0.05) is 6.54 Å². The summed E-state index contributed by atoms with van der Waals surface area (Å²) in [5, 5.41) is -2.41. The molecule has 0 aromatic carbocycles. The quantitative estimate of drug-likeness (QED) is 0.227. The first-order valence-electron chi connectivity index (χ1n) is 5.93. The van der Waals surface area contributed by atoms with Gasteiger partial charge in [0.2, 0.25) is 5.83 Å². The Kier molecular flexibility index (Phi) is 7.41. The largest absolute Gasteiger partial charge is 0.466 e. The average Bonchev–Trinajstić information content (AvgIpc) is 2.37. The molecule has 134 valence electrons. The molecule has 12 heteroatoms. The summed E-state index contributed by atoms with van der Waals surface area (Å²) in [5.41, 5.74) is 0. The van der Waals surface area contributed by atoms with E-state index >= 15 is 0 Å². The number of carbonyl (C=O) groups excluding carboxylic acids is 2. The van der Waals surface area contributed by atoms with Crippen LogP contribution in [-0.4, -0.2) is 42.2 Å². The molecule has 0 bridgehead atoms. The number of halogens is 6. The Labute approximate surface area is 132 Å². The highest BCUT2D eigenvalue weighted by atomic mass is 32.1. The Morgan fingerprint density at radius 1 is 1.22 bits per heavy atom. The number of esters is 1. The molecule has 1 atom stereocenters. The van der Waals surface area contributed by atoms with Crippen LogP contribution in [0.25, 0.3) is 0 Å². The van der Waals surface area contributed by atoms with Crippen LogP contribution in [0.4, 0.5) is 26.3 Å². The number of alkyl halides is 5. The molecule has 1 N–H and O–H groups in total. The van der Waals surface area contributed by atoms with Crippen molar-refractivity contribution < 1.29 is 45.4 Å². The molecule has 0 aliphatic rings. The first-order valence-corrected chi connectivity index (χ1v) is 6.38. The summed E-state index contributed by atoms with van der Waals surface area (Å²) < 4.78 is 84.9. The number of amides is 1. The van der Waals surface area contributed by atoms with Crippen LogP contribution in [0.15, 0.2) is 12.4 Å². The lowest BCUT2D eigenvalue weighted by atomic mass is 10.2. The summed E-state index contributed by atoms with van der Waals surface area (Å²) in [6.45, 7) is 1.52. The molecule has 0 saturated carbocycles. The third-order valence-electron chi connectivity index (χ3n) is 2.11. The minimum absolute atomic E-state index is 0.173. The van der Waals surface area contributed by atoms with Gasteiger partial charge in [-0.15, -0.1) is 12.6 Å². The van der Waals surface area contributed by atoms with Crippen LogP contribution >= 0.6 is 12.6 Å². The minimum atomic E-state index is -5.78. The maximum atomic E-state index is 13.2. The number of ether oxygens (including phenoxy) is 2. The molecule has 0 radical (unpaired) electrons. The fourth-order valence-corrected chi connectivity index (χ4v) is 1.20. The summed E-state index contributed by atoms with van der Waals surface area (Å²) in [5.74, 6) is -10.8. The molecular weight excluding hydrogens is 356 g/mol. The highest BCUT2D eigenvalue weighted by Gasteiger charge is 2.67. The van der Waals surface area contributed by atoms with Crippen molar-refractivity contribution >= 4 is 24.5 Å². The molecule has 0 aromatic rings. The maximum absolute atomic E-state index is 13.2. The van der Waals surface area contributed by atoms with Crippen LogP contribution in [0.3, 0.4) is 0 Å². The number of thiol groups is 1. The zero-order valence-electron chi connectivity index (χ0n) is 11.7. The molecule has 0 saturated heterocycles. The Hall–Kier alpha value is -1.43. The van der Waals surface area contributed by atoms with Gasteiger partial charge in [-0.3, -0.25) is 4.79 Å². The summed E-state index contributed by atoms with van der Waals surface area (Å²) >= 11 is 2.64. The lowest BCUT2D eigenvalue weighted by molar-refractivity contribution is -0.352. The van der Waals surface area contributed by atoms with E-state index < -0.39 is 41.5 Å². The minimum Gasteiger partial charge on any atom is -0.410 e. The third kappa shape index (κ3) is 6.29. The van der Waals surface area contributed by atoms with Crippen LogP contribution in [0, 0.1) is 0 Å². The van der Waals surface area contributed by atoms with Crippen molar-refractivity contribution in [3.05, 3.63) is 12.4 Å². The van der Waals surface area contributed by atoms with E-state index in [0.29, 0.717) is 0 Å². The van der Waals surface area contributed by atoms with Gasteiger partial charge in [0.1, 0.15) is 6.61 Å². The first-order chi connectivity index (χ1) is 10.3. The summed E-state index contributed by atoms with van der Waals surface area (Å²) in [6.07, 6.45) is -5.61. The topological polar surface area (TPSA) is 64.6 Å². The molecule has 5 nitrogen and oxygen atoms in total. The highest BCUT2D eigenvalue weighted by molar-refractivity contribution is 7.81. The van der Waals surface area contributed by atoms with Crippen LogP contribution in [0.2, 0.25) is 0 Å². The summed E-state index contributed by atoms with van der Waals surface area (Å²) in [6, 6.07) is 0. The smallest absolute Gasteiger partial charge is 0.410 e. The van der Waals surface area contributed by atoms with Crippen molar-refractivity contribution in [3.63, 3.8) is 0 Å². The number of rotatable bonds is 8. The second-order valence-corrected chi connectivity index (χ2v) is 4.77. The SMILES string of the molecule is C=C(F)C(=O)OC(OCC(F)(F)S)(C(=O)NCCC)C(F)(F)F. The Balaban J connectivity index is 5.77. The predicted molar refractivity (Wildman–Crippen MR) is 68.3 cm³/mol. The van der Waals surface area contributed by atoms with E-state index in [4.69, 9.17) is 0 Å². The maximum Gasteiger partial charge on any atom is 0.466 e. The molecule has 0 rings (SSSR count). The Morgan fingerprint density at radius 2 is 1.74 bits per heavy atom. The van der Waals surface area contributed by atoms with Crippen molar-refractivity contribution in [3.8, 4) is 0 Å². The number of hydrogen-bond acceptors (Lipinski definition) is 5. The van der Waals surface area contributed by atoms with Gasteiger partial charge in [0.15, 0.2) is 0 Å². The normalized spacial score (nSPS) is 14.8. The van der Waals surface area contributed by atoms with Gasteiger partial charge in [-0.25, -0.2) is 4.79 Å². The Morgan fingerprint density at radius 3 is 2.09 bits per heavy atom. The summed E-state index contributed by atoms with van der Waals surface area (Å²) in [4.78, 5) is 22.7. The number of nitrogens with one attached hydrogen (secondary N) is 1. The molecule has 0 fully saturated rings. The van der Waals surface area contributed by atoms with Gasteiger partial charge in [-0.1, -0.05) is 13.5 Å². The standard InChI is InChI=1S/C11H13F6NO4S/c1-3-4-18-8(20)10(11(15,16)17,21-5-9(13,14)23)22-7(19)6(2)12/h23H,2-5H2,1H3,(H,18,20). The fraction of sp³-hybridized carbons (Fsp3) is 0.636. The van der Waals surface area contributed by atoms with E-state index in [-0.39, 0.29) is 13.0 Å². The van der Waals surface area contributed by atoms with Crippen molar-refractivity contribution in [2.24, 2.45) is 0 Å². The summed E-state index contributed by atoms with van der Waals surface area (Å²) in [7, 11) is 0. The monoisotopic (exact) mass is 369 g/mol. The molecule has 1 amide bonds. The molecule has 1 unspecified atom stereocenters. The van der Waals surface area contributed by atoms with Gasteiger partial charge < -0.3 is 14.8 Å². The second kappa shape index (κ2) is 7.90. The Bertz CT molecular complexity index is 464. The second-order valence-electron chi connectivity index (χ2n) is 4.12. The van der Waals surface area contributed by atoms with Crippen molar-refractivity contribution in [1.29, 1.82) is 0 Å². The first kappa shape index (κ1) is 21.6. The van der Waals surface area contributed by atoms with Crippen LogP contribution in [0.5, 0.6) is 0 Å². The molecule has 0 aliphatic heterocycles. The van der Waals surface area contributed by atoms with Gasteiger partial charge in [-0.2, -0.15) is 26.3 Å². The highest BCUT2D eigenvalue weighted by Crippen LogP contribution is 2.37. The third-order valence-corrected chi connectivity index (χ3v) is 2.24. The van der Waals surface area contributed by atoms with Gasteiger partial charge in [0.05, 0.1) is 0 Å².